The molecule has 7 aliphatic rings. The number of fused-ring (bicyclic) bond motifs is 5. The highest BCUT2D eigenvalue weighted by Crippen LogP contribution is 2.73. The molecule has 8 nitrogen and oxygen atoms in total. The SMILES string of the molecule is CC(=O)OC1CC2C3CC4OC45C(O)C=CC(=O)C5(C)C3CCC2(C)C1C(C)C1CC2(C)OC2(C)C(O)O1. The number of ether oxygens (including phenoxy) is 4. The first kappa shape index (κ1) is 25.6. The second-order valence-corrected chi connectivity index (χ2v) is 14.4. The minimum atomic E-state index is -0.989. The molecule has 0 amide bonds. The molecule has 8 heteroatoms. The molecule has 6 fully saturated rings. The van der Waals surface area contributed by atoms with E-state index in [0.717, 1.165) is 25.7 Å². The van der Waals surface area contributed by atoms with Crippen LogP contribution in [-0.4, -0.2) is 69.5 Å². The van der Waals surface area contributed by atoms with Gasteiger partial charge in [0, 0.05) is 19.3 Å². The summed E-state index contributed by atoms with van der Waals surface area (Å²) in [5, 5.41) is 21.7. The highest BCUT2D eigenvalue weighted by Gasteiger charge is 2.81. The summed E-state index contributed by atoms with van der Waals surface area (Å²) in [7, 11) is 0. The highest BCUT2D eigenvalue weighted by atomic mass is 16.7. The number of esters is 1. The van der Waals surface area contributed by atoms with E-state index in [1.807, 2.05) is 20.8 Å². The molecule has 38 heavy (non-hydrogen) atoms. The van der Waals surface area contributed by atoms with E-state index in [1.54, 1.807) is 12.2 Å². The number of aliphatic hydroxyl groups excluding tert-OH is 2. The van der Waals surface area contributed by atoms with E-state index >= 15 is 0 Å². The third-order valence-electron chi connectivity index (χ3n) is 13.0. The van der Waals surface area contributed by atoms with Crippen LogP contribution in [0, 0.1) is 40.4 Å². The average molecular weight is 531 g/mol. The summed E-state index contributed by atoms with van der Waals surface area (Å²) in [4.78, 5) is 25.8. The Labute approximate surface area is 224 Å². The van der Waals surface area contributed by atoms with Crippen molar-refractivity contribution in [3.63, 3.8) is 0 Å². The third-order valence-corrected chi connectivity index (χ3v) is 13.0. The van der Waals surface area contributed by atoms with Crippen LogP contribution >= 0.6 is 0 Å². The molecule has 3 aliphatic heterocycles. The first-order valence-electron chi connectivity index (χ1n) is 14.5. The minimum Gasteiger partial charge on any atom is -0.462 e. The Morgan fingerprint density at radius 2 is 1.89 bits per heavy atom. The molecule has 0 bridgehead atoms. The lowest BCUT2D eigenvalue weighted by Crippen LogP contribution is -2.63. The Morgan fingerprint density at radius 1 is 1.16 bits per heavy atom. The van der Waals surface area contributed by atoms with Gasteiger partial charge in [-0.2, -0.15) is 0 Å². The van der Waals surface area contributed by atoms with Gasteiger partial charge in [0.25, 0.3) is 0 Å². The van der Waals surface area contributed by atoms with Gasteiger partial charge in [-0.3, -0.25) is 9.59 Å². The fourth-order valence-electron chi connectivity index (χ4n) is 10.8. The summed E-state index contributed by atoms with van der Waals surface area (Å²) < 4.78 is 24.5. The van der Waals surface area contributed by atoms with Gasteiger partial charge in [0.05, 0.1) is 17.6 Å². The molecular weight excluding hydrogens is 488 g/mol. The molecule has 15 atom stereocenters. The van der Waals surface area contributed by atoms with Crippen molar-refractivity contribution in [2.45, 2.75) is 121 Å². The van der Waals surface area contributed by atoms with E-state index in [-0.39, 0.29) is 65.1 Å². The number of hydrogen-bond donors (Lipinski definition) is 2. The number of carbonyl (C=O) groups is 2. The number of hydrogen-bond acceptors (Lipinski definition) is 8. The van der Waals surface area contributed by atoms with Crippen LogP contribution in [0.2, 0.25) is 0 Å². The molecule has 0 aromatic heterocycles. The third kappa shape index (κ3) is 2.84. The highest BCUT2D eigenvalue weighted by molar-refractivity contribution is 5.98. The topological polar surface area (TPSA) is 118 Å². The van der Waals surface area contributed by atoms with Gasteiger partial charge in [0.2, 0.25) is 0 Å². The summed E-state index contributed by atoms with van der Waals surface area (Å²) >= 11 is 0. The molecule has 3 heterocycles. The normalized spacial score (nSPS) is 60.5. The second kappa shape index (κ2) is 7.49. The van der Waals surface area contributed by atoms with Crippen molar-refractivity contribution in [3.8, 4) is 0 Å². The lowest BCUT2D eigenvalue weighted by molar-refractivity contribution is -0.208. The van der Waals surface area contributed by atoms with Gasteiger partial charge < -0.3 is 29.2 Å². The zero-order valence-electron chi connectivity index (χ0n) is 23.3. The Kier molecular flexibility index (Phi) is 5.05. The van der Waals surface area contributed by atoms with E-state index in [0.29, 0.717) is 6.42 Å². The number of epoxide rings is 2. The van der Waals surface area contributed by atoms with Crippen LogP contribution in [0.4, 0.5) is 0 Å². The van der Waals surface area contributed by atoms with Crippen molar-refractivity contribution >= 4 is 11.8 Å². The molecular formula is C30H42O8. The second-order valence-electron chi connectivity index (χ2n) is 14.4. The molecule has 0 aromatic rings. The standard InChI is InChI=1S/C30H42O8/c1-14(20-13-27(4)29(6,38-27)25(34)36-20)24-19(35-15(2)31)12-18-16-11-23-30(37-23)22(33)8-7-21(32)28(30,5)17(16)9-10-26(18,24)3/h7-8,14,16-20,22-25,33-34H,9-13H2,1-6H3. The molecule has 3 saturated heterocycles. The van der Waals surface area contributed by atoms with E-state index in [9.17, 15) is 19.8 Å². The van der Waals surface area contributed by atoms with Crippen molar-refractivity contribution in [2.75, 3.05) is 0 Å². The van der Waals surface area contributed by atoms with Gasteiger partial charge in [-0.1, -0.05) is 13.8 Å². The van der Waals surface area contributed by atoms with Crippen molar-refractivity contribution in [1.82, 2.24) is 0 Å². The van der Waals surface area contributed by atoms with Crippen LogP contribution in [0.25, 0.3) is 0 Å². The molecule has 210 valence electrons. The molecule has 4 aliphatic carbocycles. The van der Waals surface area contributed by atoms with Crippen molar-refractivity contribution in [2.24, 2.45) is 40.4 Å². The van der Waals surface area contributed by atoms with Crippen LogP contribution in [0.5, 0.6) is 0 Å². The van der Waals surface area contributed by atoms with E-state index in [4.69, 9.17) is 18.9 Å². The zero-order chi connectivity index (χ0) is 27.2. The quantitative estimate of drug-likeness (QED) is 0.423. The summed E-state index contributed by atoms with van der Waals surface area (Å²) in [6, 6.07) is 0. The molecule has 0 radical (unpaired) electrons. The van der Waals surface area contributed by atoms with Gasteiger partial charge in [0.1, 0.15) is 29.0 Å². The van der Waals surface area contributed by atoms with Crippen molar-refractivity contribution < 1.29 is 38.7 Å². The van der Waals surface area contributed by atoms with Gasteiger partial charge in [-0.05, 0) is 87.7 Å². The Bertz CT molecular complexity index is 1120. The molecule has 2 N–H and O–H groups in total. The van der Waals surface area contributed by atoms with Gasteiger partial charge in [-0.25, -0.2) is 0 Å². The van der Waals surface area contributed by atoms with Crippen LogP contribution in [0.15, 0.2) is 12.2 Å². The Morgan fingerprint density at radius 3 is 2.58 bits per heavy atom. The predicted molar refractivity (Wildman–Crippen MR) is 135 cm³/mol. The van der Waals surface area contributed by atoms with E-state index in [2.05, 4.69) is 13.8 Å². The van der Waals surface area contributed by atoms with Gasteiger partial charge >= 0.3 is 5.97 Å². The Hall–Kier alpha value is -1.32. The van der Waals surface area contributed by atoms with E-state index in [1.165, 1.54) is 6.92 Å². The van der Waals surface area contributed by atoms with Crippen molar-refractivity contribution in [1.29, 1.82) is 0 Å². The zero-order valence-corrected chi connectivity index (χ0v) is 23.3. The number of allylic oxidation sites excluding steroid dienone is 1. The maximum Gasteiger partial charge on any atom is 0.302 e. The van der Waals surface area contributed by atoms with Crippen LogP contribution in [0.3, 0.4) is 0 Å². The number of rotatable bonds is 3. The molecule has 0 aromatic carbocycles. The summed E-state index contributed by atoms with van der Waals surface area (Å²) in [5.41, 5.74) is -2.77. The molecule has 3 saturated carbocycles. The molecule has 7 rings (SSSR count). The number of aliphatic hydroxyl groups is 2. The van der Waals surface area contributed by atoms with Crippen LogP contribution in [-0.2, 0) is 28.5 Å². The van der Waals surface area contributed by atoms with E-state index < -0.39 is 34.6 Å². The average Bonchev–Trinajstić information content (AvgIpc) is 3.67. The molecule has 15 unspecified atom stereocenters. The fraction of sp³-hybridized carbons (Fsp3) is 0.867. The Balaban J connectivity index is 1.22. The largest absolute Gasteiger partial charge is 0.462 e. The van der Waals surface area contributed by atoms with Crippen LogP contribution < -0.4 is 0 Å². The smallest absolute Gasteiger partial charge is 0.302 e. The van der Waals surface area contributed by atoms with Crippen molar-refractivity contribution in [3.05, 3.63) is 12.2 Å². The summed E-state index contributed by atoms with van der Waals surface area (Å²) in [6.07, 6.45) is 4.81. The first-order chi connectivity index (χ1) is 17.7. The number of carbonyl (C=O) groups excluding carboxylic acids is 2. The van der Waals surface area contributed by atoms with Gasteiger partial charge in [-0.15, -0.1) is 0 Å². The van der Waals surface area contributed by atoms with Gasteiger partial charge in [0.15, 0.2) is 12.1 Å². The number of ketones is 1. The predicted octanol–water partition coefficient (Wildman–Crippen LogP) is 2.93. The lowest BCUT2D eigenvalue weighted by Gasteiger charge is -2.58. The monoisotopic (exact) mass is 530 g/mol. The maximum atomic E-state index is 13.5. The summed E-state index contributed by atoms with van der Waals surface area (Å²) in [5.74, 6) is 0.453. The first-order valence-corrected chi connectivity index (χ1v) is 14.5. The lowest BCUT2D eigenvalue weighted by atomic mass is 9.44. The molecule has 1 spiro atoms. The maximum absolute atomic E-state index is 13.5. The van der Waals surface area contributed by atoms with Crippen LogP contribution in [0.1, 0.15) is 73.6 Å². The fourth-order valence-corrected chi connectivity index (χ4v) is 10.8. The summed E-state index contributed by atoms with van der Waals surface area (Å²) in [6.45, 7) is 12.0. The minimum absolute atomic E-state index is 0.0302.